The molecule has 7 heteroatoms. The molecule has 4 heterocycles. The monoisotopic (exact) mass is 377 g/mol. The number of ether oxygens (including phenoxy) is 1. The third-order valence-electron chi connectivity index (χ3n) is 5.57. The van der Waals surface area contributed by atoms with Crippen LogP contribution in [-0.2, 0) is 0 Å². The molecule has 144 valence electrons. The topological polar surface area (TPSA) is 74.3 Å². The molecule has 0 aliphatic carbocycles. The van der Waals surface area contributed by atoms with E-state index in [1.54, 1.807) is 6.20 Å². The lowest BCUT2D eigenvalue weighted by Crippen LogP contribution is -2.31. The quantitative estimate of drug-likeness (QED) is 0.757. The van der Waals surface area contributed by atoms with Gasteiger partial charge in [0.1, 0.15) is 6.10 Å². The number of H-pyrrole nitrogens is 1. The maximum absolute atomic E-state index is 12.9. The minimum Gasteiger partial charge on any atom is -0.485 e. The van der Waals surface area contributed by atoms with Gasteiger partial charge in [-0.3, -0.25) is 9.89 Å². The predicted molar refractivity (Wildman–Crippen MR) is 107 cm³/mol. The highest BCUT2D eigenvalue weighted by molar-refractivity contribution is 5.98. The maximum Gasteiger partial charge on any atom is 0.254 e. The molecule has 2 aliphatic rings. The second-order valence-electron chi connectivity index (χ2n) is 7.47. The lowest BCUT2D eigenvalue weighted by Gasteiger charge is -2.22. The van der Waals surface area contributed by atoms with Crippen molar-refractivity contribution in [1.29, 1.82) is 0 Å². The van der Waals surface area contributed by atoms with Gasteiger partial charge in [0.15, 0.2) is 11.6 Å². The van der Waals surface area contributed by atoms with Crippen LogP contribution in [0.15, 0.2) is 42.7 Å². The van der Waals surface area contributed by atoms with Crippen LogP contribution in [0.5, 0.6) is 5.75 Å². The summed E-state index contributed by atoms with van der Waals surface area (Å²) in [4.78, 5) is 21.6. The standard InChI is InChI=1S/C21H23N5O2/c27-21(15-5-6-18-16(12-15)13-23-24-18)26-11-7-17(14-26)28-19-4-3-8-22-20(19)25-9-1-2-10-25/h3-6,8,12-13,17H,1-2,7,9-11,14H2,(H,23,24). The molecule has 2 aliphatic heterocycles. The van der Waals surface area contributed by atoms with Crippen molar-refractivity contribution in [2.45, 2.75) is 25.4 Å². The van der Waals surface area contributed by atoms with Gasteiger partial charge in [-0.05, 0) is 43.2 Å². The van der Waals surface area contributed by atoms with E-state index in [2.05, 4.69) is 20.1 Å². The number of likely N-dealkylation sites (tertiary alicyclic amines) is 1. The highest BCUT2D eigenvalue weighted by Gasteiger charge is 2.29. The largest absolute Gasteiger partial charge is 0.485 e. The summed E-state index contributed by atoms with van der Waals surface area (Å²) in [5.74, 6) is 1.79. The molecular weight excluding hydrogens is 354 g/mol. The van der Waals surface area contributed by atoms with Crippen molar-refractivity contribution in [3.8, 4) is 5.75 Å². The van der Waals surface area contributed by atoms with Gasteiger partial charge in [0.2, 0.25) is 0 Å². The molecular formula is C21H23N5O2. The maximum atomic E-state index is 12.9. The van der Waals surface area contributed by atoms with Crippen LogP contribution in [0.2, 0.25) is 0 Å². The van der Waals surface area contributed by atoms with Gasteiger partial charge in [-0.2, -0.15) is 5.10 Å². The third kappa shape index (κ3) is 3.17. The van der Waals surface area contributed by atoms with Crippen LogP contribution >= 0.6 is 0 Å². The number of anilines is 1. The molecule has 28 heavy (non-hydrogen) atoms. The van der Waals surface area contributed by atoms with Crippen LogP contribution in [0.4, 0.5) is 5.82 Å². The van der Waals surface area contributed by atoms with E-state index >= 15 is 0 Å². The Hall–Kier alpha value is -3.09. The highest BCUT2D eigenvalue weighted by Crippen LogP contribution is 2.30. The summed E-state index contributed by atoms with van der Waals surface area (Å²) in [6.45, 7) is 3.35. The van der Waals surface area contributed by atoms with E-state index < -0.39 is 0 Å². The van der Waals surface area contributed by atoms with Gasteiger partial charge in [-0.25, -0.2) is 4.98 Å². The first-order valence-corrected chi connectivity index (χ1v) is 9.87. The zero-order valence-corrected chi connectivity index (χ0v) is 15.7. The summed E-state index contributed by atoms with van der Waals surface area (Å²) in [7, 11) is 0. The van der Waals surface area contributed by atoms with Crippen molar-refractivity contribution >= 4 is 22.6 Å². The molecule has 1 aromatic carbocycles. The summed E-state index contributed by atoms with van der Waals surface area (Å²) in [6, 6.07) is 9.54. The lowest BCUT2D eigenvalue weighted by atomic mass is 10.1. The Labute approximate surface area is 163 Å². The lowest BCUT2D eigenvalue weighted by molar-refractivity contribution is 0.0772. The molecule has 1 atom stereocenters. The zero-order chi connectivity index (χ0) is 18.9. The first kappa shape index (κ1) is 17.0. The molecule has 1 N–H and O–H groups in total. The first-order valence-electron chi connectivity index (χ1n) is 9.87. The number of rotatable bonds is 4. The van der Waals surface area contributed by atoms with E-state index in [1.165, 1.54) is 12.8 Å². The summed E-state index contributed by atoms with van der Waals surface area (Å²) in [5, 5.41) is 7.88. The van der Waals surface area contributed by atoms with Crippen molar-refractivity contribution in [1.82, 2.24) is 20.1 Å². The Morgan fingerprint density at radius 1 is 1.18 bits per heavy atom. The normalized spacial score (nSPS) is 19.5. The number of carbonyl (C=O) groups is 1. The highest BCUT2D eigenvalue weighted by atomic mass is 16.5. The van der Waals surface area contributed by atoms with Gasteiger partial charge in [-0.1, -0.05) is 0 Å². The van der Waals surface area contributed by atoms with Gasteiger partial charge in [0.05, 0.1) is 18.3 Å². The van der Waals surface area contributed by atoms with Crippen LogP contribution in [0.1, 0.15) is 29.6 Å². The predicted octanol–water partition coefficient (Wildman–Crippen LogP) is 2.85. The number of aromatic nitrogens is 3. The Balaban J connectivity index is 1.28. The molecule has 1 amide bonds. The van der Waals surface area contributed by atoms with Crippen LogP contribution in [0.3, 0.4) is 0 Å². The van der Waals surface area contributed by atoms with Gasteiger partial charge >= 0.3 is 0 Å². The number of nitrogens with one attached hydrogen (secondary N) is 1. The van der Waals surface area contributed by atoms with Crippen LogP contribution in [-0.4, -0.2) is 58.3 Å². The van der Waals surface area contributed by atoms with Crippen LogP contribution < -0.4 is 9.64 Å². The molecule has 2 fully saturated rings. The molecule has 0 radical (unpaired) electrons. The average molecular weight is 377 g/mol. The van der Waals surface area contributed by atoms with Crippen molar-refractivity contribution < 1.29 is 9.53 Å². The Kier molecular flexibility index (Phi) is 4.35. The van der Waals surface area contributed by atoms with E-state index in [0.717, 1.165) is 42.0 Å². The van der Waals surface area contributed by atoms with Crippen molar-refractivity contribution in [3.05, 3.63) is 48.3 Å². The van der Waals surface area contributed by atoms with Gasteiger partial charge in [0.25, 0.3) is 5.91 Å². The number of amides is 1. The van der Waals surface area contributed by atoms with Crippen molar-refractivity contribution in [2.24, 2.45) is 0 Å². The fourth-order valence-corrected chi connectivity index (χ4v) is 4.09. The van der Waals surface area contributed by atoms with Crippen LogP contribution in [0, 0.1) is 0 Å². The molecule has 5 rings (SSSR count). The Morgan fingerprint density at radius 2 is 2.07 bits per heavy atom. The van der Waals surface area contributed by atoms with E-state index in [9.17, 15) is 4.79 Å². The second kappa shape index (κ2) is 7.14. The minimum absolute atomic E-state index is 0.00726. The molecule has 2 aromatic heterocycles. The summed E-state index contributed by atoms with van der Waals surface area (Å²) < 4.78 is 6.28. The molecule has 0 spiro atoms. The molecule has 7 nitrogen and oxygen atoms in total. The number of hydrogen-bond acceptors (Lipinski definition) is 5. The number of aromatic amines is 1. The van der Waals surface area contributed by atoms with Gasteiger partial charge < -0.3 is 14.5 Å². The molecule has 1 unspecified atom stereocenters. The second-order valence-corrected chi connectivity index (χ2v) is 7.47. The van der Waals surface area contributed by atoms with E-state index in [-0.39, 0.29) is 12.0 Å². The SMILES string of the molecule is O=C(c1ccc2[nH]ncc2c1)N1CCC(Oc2cccnc2N2CCCC2)C1. The molecule has 3 aromatic rings. The molecule has 2 saturated heterocycles. The van der Waals surface area contributed by atoms with Crippen molar-refractivity contribution in [2.75, 3.05) is 31.1 Å². The Morgan fingerprint density at radius 3 is 2.96 bits per heavy atom. The molecule has 0 bridgehead atoms. The molecule has 0 saturated carbocycles. The summed E-state index contributed by atoms with van der Waals surface area (Å²) in [5.41, 5.74) is 1.62. The van der Waals surface area contributed by atoms with Crippen LogP contribution in [0.25, 0.3) is 10.9 Å². The number of carbonyl (C=O) groups excluding carboxylic acids is 1. The van der Waals surface area contributed by atoms with E-state index in [1.807, 2.05) is 41.4 Å². The fourth-order valence-electron chi connectivity index (χ4n) is 4.09. The summed E-state index contributed by atoms with van der Waals surface area (Å²) in [6.07, 6.45) is 6.77. The number of fused-ring (bicyclic) bond motifs is 1. The average Bonchev–Trinajstić information content (AvgIpc) is 3.48. The van der Waals surface area contributed by atoms with E-state index in [0.29, 0.717) is 18.7 Å². The number of pyridine rings is 1. The third-order valence-corrected chi connectivity index (χ3v) is 5.57. The van der Waals surface area contributed by atoms with Gasteiger partial charge in [0, 0.05) is 43.2 Å². The Bertz CT molecular complexity index is 995. The van der Waals surface area contributed by atoms with Crippen molar-refractivity contribution in [3.63, 3.8) is 0 Å². The van der Waals surface area contributed by atoms with Gasteiger partial charge in [-0.15, -0.1) is 0 Å². The fraction of sp³-hybridized carbons (Fsp3) is 0.381. The summed E-state index contributed by atoms with van der Waals surface area (Å²) >= 11 is 0. The zero-order valence-electron chi connectivity index (χ0n) is 15.7. The smallest absolute Gasteiger partial charge is 0.254 e. The first-order chi connectivity index (χ1) is 13.8. The minimum atomic E-state index is -0.00726. The number of hydrogen-bond donors (Lipinski definition) is 1. The van der Waals surface area contributed by atoms with E-state index in [4.69, 9.17) is 4.74 Å². The number of benzene rings is 1. The number of nitrogens with zero attached hydrogens (tertiary/aromatic N) is 4.